The molecule has 5 rings (SSSR count). The summed E-state index contributed by atoms with van der Waals surface area (Å²) in [5.41, 5.74) is 2.80. The zero-order valence-corrected chi connectivity index (χ0v) is 17.7. The van der Waals surface area contributed by atoms with Gasteiger partial charge in [0.1, 0.15) is 6.54 Å². The molecule has 0 fully saturated rings. The summed E-state index contributed by atoms with van der Waals surface area (Å²) in [5.74, 6) is -0.147. The van der Waals surface area contributed by atoms with Crippen molar-refractivity contribution in [2.45, 2.75) is 32.2 Å². The molecule has 11 nitrogen and oxygen atoms in total. The van der Waals surface area contributed by atoms with Crippen LogP contribution >= 0.6 is 0 Å². The second kappa shape index (κ2) is 7.59. The summed E-state index contributed by atoms with van der Waals surface area (Å²) in [6.07, 6.45) is 5.84. The summed E-state index contributed by atoms with van der Waals surface area (Å²) in [5, 5.41) is 10.5. The molecule has 164 valence electrons. The average molecular weight is 435 g/mol. The van der Waals surface area contributed by atoms with Crippen LogP contribution in [0.1, 0.15) is 24.0 Å². The van der Waals surface area contributed by atoms with E-state index in [0.717, 1.165) is 23.0 Å². The number of imidazole rings is 1. The van der Waals surface area contributed by atoms with E-state index in [1.807, 2.05) is 6.07 Å². The molecule has 0 aliphatic heterocycles. The van der Waals surface area contributed by atoms with Gasteiger partial charge in [-0.1, -0.05) is 11.2 Å². The van der Waals surface area contributed by atoms with E-state index in [-0.39, 0.29) is 23.7 Å². The number of nitrogens with zero attached hydrogens (tertiary/aromatic N) is 6. The molecule has 0 unspecified atom stereocenters. The number of rotatable bonds is 4. The van der Waals surface area contributed by atoms with Crippen LogP contribution < -0.4 is 16.6 Å². The number of amides is 1. The third-order valence-electron chi connectivity index (χ3n) is 5.80. The summed E-state index contributed by atoms with van der Waals surface area (Å²) < 4.78 is 9.24. The highest BCUT2D eigenvalue weighted by Gasteiger charge is 2.18. The number of aryl methyl sites for hydroxylation is 3. The lowest BCUT2D eigenvalue weighted by atomic mass is 9.90. The number of hydrogen-bond donors (Lipinski definition) is 1. The zero-order valence-electron chi connectivity index (χ0n) is 17.7. The van der Waals surface area contributed by atoms with Crippen LogP contribution in [0.2, 0.25) is 0 Å². The van der Waals surface area contributed by atoms with Gasteiger partial charge in [-0.15, -0.1) is 5.10 Å². The van der Waals surface area contributed by atoms with Crippen molar-refractivity contribution in [1.29, 1.82) is 0 Å². The first-order valence-electron chi connectivity index (χ1n) is 10.3. The van der Waals surface area contributed by atoms with Crippen molar-refractivity contribution in [3.63, 3.8) is 0 Å². The van der Waals surface area contributed by atoms with E-state index >= 15 is 0 Å². The number of hydrogen-bond acceptors (Lipinski definition) is 7. The number of aromatic nitrogens is 6. The van der Waals surface area contributed by atoms with Crippen molar-refractivity contribution in [2.24, 2.45) is 14.1 Å². The summed E-state index contributed by atoms with van der Waals surface area (Å²) in [4.78, 5) is 41.2. The van der Waals surface area contributed by atoms with E-state index in [0.29, 0.717) is 5.89 Å². The number of carbonyl (C=O) groups is 1. The lowest BCUT2D eigenvalue weighted by Crippen LogP contribution is -2.37. The van der Waals surface area contributed by atoms with Gasteiger partial charge >= 0.3 is 11.7 Å². The van der Waals surface area contributed by atoms with Crippen LogP contribution in [0.3, 0.4) is 0 Å². The summed E-state index contributed by atoms with van der Waals surface area (Å²) in [6, 6.07) is 6.06. The van der Waals surface area contributed by atoms with Gasteiger partial charge in [0.05, 0.1) is 6.33 Å². The topological polar surface area (TPSA) is 130 Å². The minimum atomic E-state index is -0.527. The first kappa shape index (κ1) is 19.9. The van der Waals surface area contributed by atoms with Gasteiger partial charge in [-0.3, -0.25) is 24.0 Å². The standard InChI is InChI=1S/C21H21N7O4/c1-26-17-16(19(30)27(2)21(26)31)28(11-22-17)10-15(29)23-20-25-24-18(32-20)14-8-7-12-5-3-4-6-13(12)9-14/h7-9,11H,3-6,10H2,1-2H3,(H,23,25,29). The predicted molar refractivity (Wildman–Crippen MR) is 115 cm³/mol. The largest absolute Gasteiger partial charge is 0.403 e. The number of fused-ring (bicyclic) bond motifs is 2. The molecule has 4 aromatic rings. The van der Waals surface area contributed by atoms with Gasteiger partial charge in [0, 0.05) is 19.7 Å². The normalized spacial score (nSPS) is 13.3. The monoisotopic (exact) mass is 435 g/mol. The average Bonchev–Trinajstić information content (AvgIpc) is 3.43. The molecule has 1 aromatic carbocycles. The number of benzene rings is 1. The van der Waals surface area contributed by atoms with Gasteiger partial charge in [-0.05, 0) is 48.9 Å². The molecule has 0 spiro atoms. The van der Waals surface area contributed by atoms with Crippen molar-refractivity contribution in [1.82, 2.24) is 28.9 Å². The molecule has 0 bridgehead atoms. The van der Waals surface area contributed by atoms with Crippen LogP contribution in [0, 0.1) is 0 Å². The Kier molecular flexibility index (Phi) is 4.72. The molecule has 3 aromatic heterocycles. The van der Waals surface area contributed by atoms with Crippen LogP contribution in [-0.2, 0) is 38.3 Å². The Morgan fingerprint density at radius 1 is 1.09 bits per heavy atom. The lowest BCUT2D eigenvalue weighted by Gasteiger charge is -2.15. The molecule has 0 radical (unpaired) electrons. The van der Waals surface area contributed by atoms with Crippen LogP contribution in [-0.4, -0.2) is 34.8 Å². The van der Waals surface area contributed by atoms with E-state index in [9.17, 15) is 14.4 Å². The van der Waals surface area contributed by atoms with Crippen molar-refractivity contribution in [3.8, 4) is 11.5 Å². The van der Waals surface area contributed by atoms with Gasteiger partial charge in [0.15, 0.2) is 11.2 Å². The summed E-state index contributed by atoms with van der Waals surface area (Å²) >= 11 is 0. The summed E-state index contributed by atoms with van der Waals surface area (Å²) in [7, 11) is 2.89. The lowest BCUT2D eigenvalue weighted by molar-refractivity contribution is -0.116. The second-order valence-corrected chi connectivity index (χ2v) is 7.90. The fraction of sp³-hybridized carbons (Fsp3) is 0.333. The molecule has 0 saturated heterocycles. The van der Waals surface area contributed by atoms with Crippen LogP contribution in [0.25, 0.3) is 22.6 Å². The fourth-order valence-corrected chi connectivity index (χ4v) is 4.09. The molecule has 1 amide bonds. The van der Waals surface area contributed by atoms with Gasteiger partial charge in [0.25, 0.3) is 5.56 Å². The third kappa shape index (κ3) is 3.31. The molecule has 1 N–H and O–H groups in total. The summed E-state index contributed by atoms with van der Waals surface area (Å²) in [6.45, 7) is -0.208. The molecule has 32 heavy (non-hydrogen) atoms. The fourth-order valence-electron chi connectivity index (χ4n) is 4.09. The van der Waals surface area contributed by atoms with Crippen LogP contribution in [0.5, 0.6) is 0 Å². The first-order chi connectivity index (χ1) is 15.4. The van der Waals surface area contributed by atoms with E-state index in [2.05, 4.69) is 32.6 Å². The zero-order chi connectivity index (χ0) is 22.4. The van der Waals surface area contributed by atoms with Crippen LogP contribution in [0.15, 0.2) is 38.5 Å². The van der Waals surface area contributed by atoms with Gasteiger partial charge < -0.3 is 8.98 Å². The molecular weight excluding hydrogens is 414 g/mol. The second-order valence-electron chi connectivity index (χ2n) is 7.90. The highest BCUT2D eigenvalue weighted by atomic mass is 16.4. The van der Waals surface area contributed by atoms with Gasteiger partial charge in [-0.25, -0.2) is 9.78 Å². The Bertz CT molecular complexity index is 1470. The molecule has 1 aliphatic rings. The Balaban J connectivity index is 1.35. The van der Waals surface area contributed by atoms with Crippen molar-refractivity contribution < 1.29 is 9.21 Å². The maximum Gasteiger partial charge on any atom is 0.332 e. The molecule has 1 aliphatic carbocycles. The Morgan fingerprint density at radius 3 is 2.69 bits per heavy atom. The Hall–Kier alpha value is -4.02. The smallest absolute Gasteiger partial charge is 0.332 e. The van der Waals surface area contributed by atoms with Crippen LogP contribution in [0.4, 0.5) is 6.01 Å². The van der Waals surface area contributed by atoms with Crippen molar-refractivity contribution in [3.05, 3.63) is 56.5 Å². The molecule has 0 atom stereocenters. The molecule has 3 heterocycles. The van der Waals surface area contributed by atoms with E-state index in [4.69, 9.17) is 4.42 Å². The first-order valence-corrected chi connectivity index (χ1v) is 10.3. The highest BCUT2D eigenvalue weighted by molar-refractivity contribution is 5.89. The number of nitrogens with one attached hydrogen (secondary N) is 1. The molecular formula is C21H21N7O4. The Morgan fingerprint density at radius 2 is 1.88 bits per heavy atom. The van der Waals surface area contributed by atoms with Gasteiger partial charge in [0.2, 0.25) is 11.8 Å². The maximum atomic E-state index is 12.5. The van der Waals surface area contributed by atoms with E-state index < -0.39 is 17.2 Å². The number of anilines is 1. The van der Waals surface area contributed by atoms with Crippen molar-refractivity contribution in [2.75, 3.05) is 5.32 Å². The Labute approximate surface area is 181 Å². The maximum absolute atomic E-state index is 12.5. The van der Waals surface area contributed by atoms with E-state index in [1.165, 1.54) is 53.5 Å². The van der Waals surface area contributed by atoms with Gasteiger partial charge in [-0.2, -0.15) is 0 Å². The number of carbonyl (C=O) groups excluding carboxylic acids is 1. The molecule has 11 heteroatoms. The quantitative estimate of drug-likeness (QED) is 0.506. The predicted octanol–water partition coefficient (Wildman–Crippen LogP) is 1.00. The molecule has 0 saturated carbocycles. The minimum Gasteiger partial charge on any atom is -0.403 e. The SMILES string of the molecule is Cn1c(=O)c2c(ncn2CC(=O)Nc2nnc(-c3ccc4c(c3)CCCC4)o2)n(C)c1=O. The van der Waals surface area contributed by atoms with E-state index in [1.54, 1.807) is 0 Å². The third-order valence-corrected chi connectivity index (χ3v) is 5.80. The minimum absolute atomic E-state index is 0.0348. The highest BCUT2D eigenvalue weighted by Crippen LogP contribution is 2.27. The van der Waals surface area contributed by atoms with Crippen molar-refractivity contribution >= 4 is 23.1 Å².